The van der Waals surface area contributed by atoms with E-state index in [1.165, 1.54) is 12.1 Å². The number of pyridine rings is 1. The second kappa shape index (κ2) is 5.05. The van der Waals surface area contributed by atoms with E-state index in [-0.39, 0.29) is 11.7 Å². The molecule has 98 valence electrons. The van der Waals surface area contributed by atoms with Crippen LogP contribution in [0.1, 0.15) is 11.1 Å². The van der Waals surface area contributed by atoms with Gasteiger partial charge in [0.2, 0.25) is 0 Å². The molecular weight excluding hydrogens is 257 g/mol. The number of hydrogen-bond donors (Lipinski definition) is 1. The highest BCUT2D eigenvalue weighted by molar-refractivity contribution is 6.19. The summed E-state index contributed by atoms with van der Waals surface area (Å²) in [4.78, 5) is 20.0. The third-order valence-electron chi connectivity index (χ3n) is 2.82. The van der Waals surface area contributed by atoms with E-state index in [0.29, 0.717) is 11.5 Å². The van der Waals surface area contributed by atoms with Crippen LogP contribution in [0.3, 0.4) is 0 Å². The number of benzene rings is 1. The van der Waals surface area contributed by atoms with Gasteiger partial charge in [-0.05, 0) is 35.9 Å². The predicted molar refractivity (Wildman–Crippen MR) is 73.3 cm³/mol. The van der Waals surface area contributed by atoms with Gasteiger partial charge < -0.3 is 5.32 Å². The van der Waals surface area contributed by atoms with E-state index in [4.69, 9.17) is 0 Å². The maximum absolute atomic E-state index is 12.8. The summed E-state index contributed by atoms with van der Waals surface area (Å²) in [7, 11) is 0. The van der Waals surface area contributed by atoms with E-state index in [0.717, 1.165) is 11.1 Å². The lowest BCUT2D eigenvalue weighted by Crippen LogP contribution is -2.24. The van der Waals surface area contributed by atoms with Crippen molar-refractivity contribution in [3.63, 3.8) is 0 Å². The second-order valence-electron chi connectivity index (χ2n) is 4.23. The average Bonchev–Trinajstić information content (AvgIpc) is 2.84. The van der Waals surface area contributed by atoms with Crippen LogP contribution in [0.4, 0.5) is 4.39 Å². The zero-order chi connectivity index (χ0) is 13.9. The molecule has 2 heterocycles. The maximum Gasteiger partial charge on any atom is 0.275 e. The van der Waals surface area contributed by atoms with Crippen LogP contribution in [0.2, 0.25) is 0 Å². The highest BCUT2D eigenvalue weighted by Crippen LogP contribution is 2.15. The van der Waals surface area contributed by atoms with Crippen molar-refractivity contribution in [1.82, 2.24) is 10.3 Å². The Balaban J connectivity index is 1.92. The molecule has 0 atom stereocenters. The Morgan fingerprint density at radius 2 is 1.75 bits per heavy atom. The van der Waals surface area contributed by atoms with E-state index in [1.807, 2.05) is 0 Å². The molecule has 0 aliphatic carbocycles. The van der Waals surface area contributed by atoms with Gasteiger partial charge in [0.15, 0.2) is 0 Å². The van der Waals surface area contributed by atoms with Crippen molar-refractivity contribution in [2.24, 2.45) is 4.99 Å². The van der Waals surface area contributed by atoms with Gasteiger partial charge in [0.1, 0.15) is 17.3 Å². The summed E-state index contributed by atoms with van der Waals surface area (Å²) in [6, 6.07) is 9.39. The molecule has 1 aromatic carbocycles. The smallest absolute Gasteiger partial charge is 0.275 e. The fraction of sp³-hybridized carbons (Fsp3) is 0. The summed E-state index contributed by atoms with van der Waals surface area (Å²) in [5, 5.41) is 2.69. The van der Waals surface area contributed by atoms with Crippen LogP contribution >= 0.6 is 0 Å². The molecule has 0 spiro atoms. The first-order chi connectivity index (χ1) is 9.72. The van der Waals surface area contributed by atoms with Crippen LogP contribution in [-0.2, 0) is 4.79 Å². The van der Waals surface area contributed by atoms with Crippen molar-refractivity contribution < 1.29 is 9.18 Å². The number of amidine groups is 1. The van der Waals surface area contributed by atoms with Crippen LogP contribution < -0.4 is 5.32 Å². The number of hydrogen-bond acceptors (Lipinski definition) is 3. The standard InChI is InChI=1S/C15H10FN3O/c16-12-3-1-10(2-4-12)9-13-15(20)19-14(18-13)11-5-7-17-8-6-11/h1-9H,(H,18,19,20)/b13-9+. The van der Waals surface area contributed by atoms with Crippen LogP contribution in [0.15, 0.2) is 59.5 Å². The first-order valence-electron chi connectivity index (χ1n) is 6.00. The predicted octanol–water partition coefficient (Wildman–Crippen LogP) is 2.14. The zero-order valence-electron chi connectivity index (χ0n) is 10.4. The molecule has 0 saturated carbocycles. The number of aliphatic imine (C=N–C) groups is 1. The molecule has 1 aliphatic heterocycles. The number of nitrogens with one attached hydrogen (secondary N) is 1. The van der Waals surface area contributed by atoms with Gasteiger partial charge >= 0.3 is 0 Å². The van der Waals surface area contributed by atoms with Gasteiger partial charge in [-0.2, -0.15) is 0 Å². The fourth-order valence-electron chi connectivity index (χ4n) is 1.83. The largest absolute Gasteiger partial charge is 0.305 e. The number of halogens is 1. The Hall–Kier alpha value is -2.82. The van der Waals surface area contributed by atoms with Gasteiger partial charge in [0, 0.05) is 18.0 Å². The van der Waals surface area contributed by atoms with E-state index in [2.05, 4.69) is 15.3 Å². The second-order valence-corrected chi connectivity index (χ2v) is 4.23. The molecule has 4 nitrogen and oxygen atoms in total. The number of carbonyl (C=O) groups excluding carboxylic acids is 1. The first-order valence-corrected chi connectivity index (χ1v) is 6.00. The topological polar surface area (TPSA) is 54.4 Å². The van der Waals surface area contributed by atoms with Crippen molar-refractivity contribution in [2.45, 2.75) is 0 Å². The SMILES string of the molecule is O=C1NC(c2ccncc2)=N/C1=C/c1ccc(F)cc1. The van der Waals surface area contributed by atoms with E-state index >= 15 is 0 Å². The van der Waals surface area contributed by atoms with E-state index < -0.39 is 0 Å². The maximum atomic E-state index is 12.8. The third kappa shape index (κ3) is 2.47. The minimum Gasteiger partial charge on any atom is -0.305 e. The molecule has 1 aromatic heterocycles. The Morgan fingerprint density at radius 1 is 1.05 bits per heavy atom. The molecule has 0 fully saturated rings. The third-order valence-corrected chi connectivity index (χ3v) is 2.82. The summed E-state index contributed by atoms with van der Waals surface area (Å²) in [5.41, 5.74) is 1.80. The highest BCUT2D eigenvalue weighted by Gasteiger charge is 2.20. The lowest BCUT2D eigenvalue weighted by Gasteiger charge is -1.97. The van der Waals surface area contributed by atoms with Crippen LogP contribution in [-0.4, -0.2) is 16.7 Å². The molecule has 1 amide bonds. The van der Waals surface area contributed by atoms with Gasteiger partial charge in [-0.3, -0.25) is 9.78 Å². The quantitative estimate of drug-likeness (QED) is 0.847. The number of aromatic nitrogens is 1. The van der Waals surface area contributed by atoms with Gasteiger partial charge in [-0.1, -0.05) is 12.1 Å². The zero-order valence-corrected chi connectivity index (χ0v) is 10.4. The number of nitrogens with zero attached hydrogens (tertiary/aromatic N) is 2. The van der Waals surface area contributed by atoms with Crippen molar-refractivity contribution in [2.75, 3.05) is 0 Å². The van der Waals surface area contributed by atoms with Gasteiger partial charge in [0.05, 0.1) is 0 Å². The monoisotopic (exact) mass is 267 g/mol. The molecule has 1 N–H and O–H groups in total. The van der Waals surface area contributed by atoms with Crippen molar-refractivity contribution in [3.05, 3.63) is 71.4 Å². The van der Waals surface area contributed by atoms with Gasteiger partial charge in [0.25, 0.3) is 5.91 Å². The minimum atomic E-state index is -0.316. The summed E-state index contributed by atoms with van der Waals surface area (Å²) in [6.07, 6.45) is 4.88. The molecule has 0 unspecified atom stereocenters. The molecule has 3 rings (SSSR count). The highest BCUT2D eigenvalue weighted by atomic mass is 19.1. The van der Waals surface area contributed by atoms with E-state index in [9.17, 15) is 9.18 Å². The number of rotatable bonds is 2. The molecule has 0 saturated heterocycles. The number of carbonyl (C=O) groups is 1. The number of amides is 1. The molecule has 0 radical (unpaired) electrons. The average molecular weight is 267 g/mol. The summed E-state index contributed by atoms with van der Waals surface area (Å²) >= 11 is 0. The molecule has 0 bridgehead atoms. The molecule has 5 heteroatoms. The lowest BCUT2D eigenvalue weighted by molar-refractivity contribution is -0.115. The van der Waals surface area contributed by atoms with Crippen LogP contribution in [0.5, 0.6) is 0 Å². The first kappa shape index (κ1) is 12.2. The van der Waals surface area contributed by atoms with Crippen molar-refractivity contribution >= 4 is 17.8 Å². The Morgan fingerprint density at radius 3 is 2.45 bits per heavy atom. The van der Waals surface area contributed by atoms with Crippen LogP contribution in [0, 0.1) is 5.82 Å². The fourth-order valence-corrected chi connectivity index (χ4v) is 1.83. The lowest BCUT2D eigenvalue weighted by atomic mass is 10.2. The normalized spacial score (nSPS) is 16.1. The van der Waals surface area contributed by atoms with Gasteiger partial charge in [-0.25, -0.2) is 9.38 Å². The Labute approximate surface area is 114 Å². The molecule has 2 aromatic rings. The molecule has 1 aliphatic rings. The summed E-state index contributed by atoms with van der Waals surface area (Å²) < 4.78 is 12.8. The van der Waals surface area contributed by atoms with Crippen molar-refractivity contribution in [1.29, 1.82) is 0 Å². The Kier molecular flexibility index (Phi) is 3.09. The molecule has 20 heavy (non-hydrogen) atoms. The van der Waals surface area contributed by atoms with Crippen LogP contribution in [0.25, 0.3) is 6.08 Å². The summed E-state index contributed by atoms with van der Waals surface area (Å²) in [6.45, 7) is 0. The minimum absolute atomic E-state index is 0.277. The molecular formula is C15H10FN3O. The Bertz CT molecular complexity index is 706. The van der Waals surface area contributed by atoms with Gasteiger partial charge in [-0.15, -0.1) is 0 Å². The van der Waals surface area contributed by atoms with Crippen molar-refractivity contribution in [3.8, 4) is 0 Å². The van der Waals surface area contributed by atoms with E-state index in [1.54, 1.807) is 42.7 Å². The summed E-state index contributed by atoms with van der Waals surface area (Å²) in [5.74, 6) is -0.101.